The molecule has 0 aliphatic heterocycles. The molecule has 1 aromatic heterocycles. The second kappa shape index (κ2) is 5.14. The number of nitrogens with one attached hydrogen (secondary N) is 1. The van der Waals surface area contributed by atoms with E-state index >= 15 is 0 Å². The molecule has 1 N–H and O–H groups in total. The summed E-state index contributed by atoms with van der Waals surface area (Å²) in [5.41, 5.74) is 2.62. The number of hydrogen-bond donors (Lipinski definition) is 1. The molecule has 0 saturated carbocycles. The summed E-state index contributed by atoms with van der Waals surface area (Å²) in [4.78, 5) is 19.9. The minimum Gasteiger partial charge on any atom is -0.319 e. The quantitative estimate of drug-likeness (QED) is 0.904. The third-order valence-corrected chi connectivity index (χ3v) is 2.70. The Bertz CT molecular complexity index is 581. The first kappa shape index (κ1) is 12.5. The summed E-state index contributed by atoms with van der Waals surface area (Å²) >= 11 is 6.04. The van der Waals surface area contributed by atoms with Crippen LogP contribution in [0.2, 0.25) is 5.02 Å². The molecular weight excluding hydrogens is 250 g/mol. The maximum absolute atomic E-state index is 11.9. The lowest BCUT2D eigenvalue weighted by atomic mass is 10.2. The normalized spacial score (nSPS) is 10.2. The third kappa shape index (κ3) is 2.84. The van der Waals surface area contributed by atoms with Gasteiger partial charge in [0.15, 0.2) is 0 Å². The third-order valence-electron chi connectivity index (χ3n) is 2.39. The topological polar surface area (TPSA) is 54.9 Å². The molecule has 2 aromatic rings. The van der Waals surface area contributed by atoms with Gasteiger partial charge in [-0.1, -0.05) is 17.7 Å². The number of anilines is 1. The number of nitrogens with zero attached hydrogens (tertiary/aromatic N) is 2. The first-order valence-corrected chi connectivity index (χ1v) is 5.80. The molecule has 4 nitrogen and oxygen atoms in total. The van der Waals surface area contributed by atoms with Gasteiger partial charge in [-0.25, -0.2) is 4.98 Å². The lowest BCUT2D eigenvalue weighted by Crippen LogP contribution is -2.14. The zero-order valence-electron chi connectivity index (χ0n) is 10.1. The summed E-state index contributed by atoms with van der Waals surface area (Å²) in [7, 11) is 0. The van der Waals surface area contributed by atoms with Gasteiger partial charge in [-0.2, -0.15) is 0 Å². The molecule has 0 fully saturated rings. The van der Waals surface area contributed by atoms with Crippen molar-refractivity contribution < 1.29 is 4.79 Å². The summed E-state index contributed by atoms with van der Waals surface area (Å²) in [6.45, 7) is 3.74. The van der Waals surface area contributed by atoms with Crippen molar-refractivity contribution in [3.8, 4) is 0 Å². The van der Waals surface area contributed by atoms with Crippen LogP contribution in [0.25, 0.3) is 0 Å². The van der Waals surface area contributed by atoms with E-state index in [0.29, 0.717) is 10.7 Å². The Hall–Kier alpha value is -1.94. The summed E-state index contributed by atoms with van der Waals surface area (Å²) in [6.07, 6.45) is 2.98. The number of amides is 1. The van der Waals surface area contributed by atoms with E-state index in [1.165, 1.54) is 6.20 Å². The predicted molar refractivity (Wildman–Crippen MR) is 70.9 cm³/mol. The van der Waals surface area contributed by atoms with E-state index < -0.39 is 0 Å². The van der Waals surface area contributed by atoms with E-state index in [4.69, 9.17) is 11.6 Å². The van der Waals surface area contributed by atoms with Crippen molar-refractivity contribution in [2.75, 3.05) is 5.32 Å². The molecule has 0 bridgehead atoms. The zero-order chi connectivity index (χ0) is 13.1. The van der Waals surface area contributed by atoms with E-state index in [1.807, 2.05) is 19.9 Å². The molecule has 0 saturated heterocycles. The van der Waals surface area contributed by atoms with Gasteiger partial charge in [0.2, 0.25) is 0 Å². The van der Waals surface area contributed by atoms with Gasteiger partial charge >= 0.3 is 0 Å². The Labute approximate surface area is 110 Å². The lowest BCUT2D eigenvalue weighted by Gasteiger charge is -2.07. The molecule has 0 aliphatic carbocycles. The Morgan fingerprint density at radius 1 is 1.22 bits per heavy atom. The van der Waals surface area contributed by atoms with Crippen LogP contribution < -0.4 is 5.32 Å². The summed E-state index contributed by atoms with van der Waals surface area (Å²) < 4.78 is 0. The minimum atomic E-state index is -0.326. The van der Waals surface area contributed by atoms with Gasteiger partial charge in [-0.3, -0.25) is 9.78 Å². The smallest absolute Gasteiger partial charge is 0.275 e. The first-order chi connectivity index (χ1) is 8.56. The highest BCUT2D eigenvalue weighted by atomic mass is 35.5. The van der Waals surface area contributed by atoms with Crippen LogP contribution in [-0.2, 0) is 0 Å². The number of halogens is 1. The predicted octanol–water partition coefficient (Wildman–Crippen LogP) is 3.00. The Kier molecular flexibility index (Phi) is 3.58. The molecule has 0 unspecified atom stereocenters. The number of rotatable bonds is 2. The summed E-state index contributed by atoms with van der Waals surface area (Å²) in [5.74, 6) is -0.326. The van der Waals surface area contributed by atoms with Crippen LogP contribution >= 0.6 is 11.6 Å². The van der Waals surface area contributed by atoms with Gasteiger partial charge in [-0.05, 0) is 31.5 Å². The van der Waals surface area contributed by atoms with E-state index in [0.717, 1.165) is 11.3 Å². The van der Waals surface area contributed by atoms with Crippen molar-refractivity contribution in [1.82, 2.24) is 9.97 Å². The monoisotopic (exact) mass is 261 g/mol. The number of hydrogen-bond acceptors (Lipinski definition) is 3. The maximum atomic E-state index is 11.9. The molecule has 1 amide bonds. The molecule has 5 heteroatoms. The molecular formula is C13H12ClN3O. The van der Waals surface area contributed by atoms with Gasteiger partial charge in [0, 0.05) is 6.20 Å². The second-order valence-corrected chi connectivity index (χ2v) is 4.39. The van der Waals surface area contributed by atoms with Crippen molar-refractivity contribution >= 4 is 23.2 Å². The summed E-state index contributed by atoms with van der Waals surface area (Å²) in [5, 5.41) is 3.20. The first-order valence-electron chi connectivity index (χ1n) is 5.42. The van der Waals surface area contributed by atoms with E-state index in [9.17, 15) is 4.79 Å². The molecule has 0 radical (unpaired) electrons. The Morgan fingerprint density at radius 3 is 2.61 bits per heavy atom. The van der Waals surface area contributed by atoms with Crippen LogP contribution in [0, 0.1) is 13.8 Å². The van der Waals surface area contributed by atoms with Crippen molar-refractivity contribution in [1.29, 1.82) is 0 Å². The number of carbonyl (C=O) groups is 1. The Balaban J connectivity index is 2.18. The van der Waals surface area contributed by atoms with Crippen molar-refractivity contribution in [2.45, 2.75) is 13.8 Å². The molecule has 18 heavy (non-hydrogen) atoms. The average Bonchev–Trinajstić information content (AvgIpc) is 2.33. The van der Waals surface area contributed by atoms with Crippen molar-refractivity contribution in [2.24, 2.45) is 0 Å². The molecule has 2 rings (SSSR count). The van der Waals surface area contributed by atoms with Crippen LogP contribution in [0.1, 0.15) is 21.7 Å². The maximum Gasteiger partial charge on any atom is 0.275 e. The van der Waals surface area contributed by atoms with E-state index in [-0.39, 0.29) is 11.6 Å². The van der Waals surface area contributed by atoms with Crippen LogP contribution in [-0.4, -0.2) is 15.9 Å². The van der Waals surface area contributed by atoms with Crippen LogP contribution in [0.4, 0.5) is 5.69 Å². The fraction of sp³-hybridized carbons (Fsp3) is 0.154. The van der Waals surface area contributed by atoms with Crippen LogP contribution in [0.5, 0.6) is 0 Å². The van der Waals surface area contributed by atoms with Gasteiger partial charge < -0.3 is 5.32 Å². The number of aromatic nitrogens is 2. The van der Waals surface area contributed by atoms with Gasteiger partial charge in [0.25, 0.3) is 5.91 Å². The van der Waals surface area contributed by atoms with Gasteiger partial charge in [-0.15, -0.1) is 0 Å². The molecule has 0 spiro atoms. The van der Waals surface area contributed by atoms with Gasteiger partial charge in [0.1, 0.15) is 5.69 Å². The highest BCUT2D eigenvalue weighted by Gasteiger charge is 2.09. The fourth-order valence-electron chi connectivity index (χ4n) is 1.42. The van der Waals surface area contributed by atoms with Gasteiger partial charge in [0.05, 0.1) is 22.6 Å². The highest BCUT2D eigenvalue weighted by molar-refractivity contribution is 6.34. The molecule has 0 atom stereocenters. The fourth-order valence-corrected chi connectivity index (χ4v) is 1.70. The minimum absolute atomic E-state index is 0.261. The number of benzene rings is 1. The standard InChI is InChI=1S/C13H12ClN3O/c1-8-3-4-11(10(14)5-8)17-13(18)12-7-15-9(2)6-16-12/h3-7H,1-2H3,(H,17,18). The van der Waals surface area contributed by atoms with Crippen molar-refractivity contribution in [3.63, 3.8) is 0 Å². The molecule has 1 aromatic carbocycles. The summed E-state index contributed by atoms with van der Waals surface area (Å²) in [6, 6.07) is 5.43. The van der Waals surface area contributed by atoms with Crippen molar-refractivity contribution in [3.05, 3.63) is 52.6 Å². The highest BCUT2D eigenvalue weighted by Crippen LogP contribution is 2.22. The van der Waals surface area contributed by atoms with E-state index in [2.05, 4.69) is 15.3 Å². The number of carbonyl (C=O) groups excluding carboxylic acids is 1. The Morgan fingerprint density at radius 2 is 2.00 bits per heavy atom. The van der Waals surface area contributed by atoms with Crippen LogP contribution in [0.15, 0.2) is 30.6 Å². The molecule has 1 heterocycles. The zero-order valence-corrected chi connectivity index (χ0v) is 10.8. The second-order valence-electron chi connectivity index (χ2n) is 3.98. The lowest BCUT2D eigenvalue weighted by molar-refractivity contribution is 0.102. The molecule has 92 valence electrons. The SMILES string of the molecule is Cc1ccc(NC(=O)c2cnc(C)cn2)c(Cl)c1. The molecule has 0 aliphatic rings. The average molecular weight is 262 g/mol. The number of aryl methyl sites for hydroxylation is 2. The largest absolute Gasteiger partial charge is 0.319 e. The van der Waals surface area contributed by atoms with E-state index in [1.54, 1.807) is 18.3 Å². The van der Waals surface area contributed by atoms with Crippen LogP contribution in [0.3, 0.4) is 0 Å².